The standard InChI is InChI=1S/C8H13O3/c1-5(2)4-7(6(3)9)8(10)11/h7H,4H2,1-3H3,(H,10,11). The molecule has 3 heteroatoms. The summed E-state index contributed by atoms with van der Waals surface area (Å²) in [5.74, 6) is -1.19. The molecular formula is C8H13O3. The molecule has 1 atom stereocenters. The molecule has 3 nitrogen and oxygen atoms in total. The smallest absolute Gasteiger partial charge is 0.314 e. The van der Waals surface area contributed by atoms with Gasteiger partial charge in [0.1, 0.15) is 11.7 Å². The predicted octanol–water partition coefficient (Wildman–Crippen LogP) is 1.28. The van der Waals surface area contributed by atoms with Crippen LogP contribution >= 0.6 is 0 Å². The number of carbonyl (C=O) groups excluding carboxylic acids is 1. The highest BCUT2D eigenvalue weighted by molar-refractivity contribution is 5.96. The second-order valence-corrected chi connectivity index (χ2v) is 2.91. The minimum atomic E-state index is -1.03. The van der Waals surface area contributed by atoms with E-state index in [0.717, 1.165) is 5.92 Å². The number of hydrogen-bond acceptors (Lipinski definition) is 2. The summed E-state index contributed by atoms with van der Waals surface area (Å²) in [7, 11) is 0. The molecule has 0 amide bonds. The first-order valence-electron chi connectivity index (χ1n) is 3.47. The molecule has 0 saturated carbocycles. The fourth-order valence-corrected chi connectivity index (χ4v) is 0.813. The van der Waals surface area contributed by atoms with Gasteiger partial charge in [0.2, 0.25) is 0 Å². The molecule has 0 aromatic carbocycles. The van der Waals surface area contributed by atoms with Crippen molar-refractivity contribution in [2.45, 2.75) is 27.2 Å². The zero-order chi connectivity index (χ0) is 9.02. The van der Waals surface area contributed by atoms with Crippen LogP contribution in [0, 0.1) is 11.8 Å². The van der Waals surface area contributed by atoms with Crippen molar-refractivity contribution in [1.82, 2.24) is 0 Å². The van der Waals surface area contributed by atoms with Crippen LogP contribution in [0.15, 0.2) is 0 Å². The number of carboxylic acids is 1. The Morgan fingerprint density at radius 3 is 1.82 bits per heavy atom. The summed E-state index contributed by atoms with van der Waals surface area (Å²) in [5, 5.41) is 8.56. The third kappa shape index (κ3) is 3.75. The molecule has 0 aliphatic heterocycles. The highest BCUT2D eigenvalue weighted by Crippen LogP contribution is 2.14. The molecule has 0 aliphatic rings. The number of aliphatic carboxylic acids is 1. The quantitative estimate of drug-likeness (QED) is 0.625. The molecule has 0 aliphatic carbocycles. The lowest BCUT2D eigenvalue weighted by atomic mass is 9.94. The van der Waals surface area contributed by atoms with Gasteiger partial charge in [-0.3, -0.25) is 9.59 Å². The van der Waals surface area contributed by atoms with E-state index in [-0.39, 0.29) is 5.78 Å². The van der Waals surface area contributed by atoms with Gasteiger partial charge < -0.3 is 5.11 Å². The highest BCUT2D eigenvalue weighted by atomic mass is 16.4. The summed E-state index contributed by atoms with van der Waals surface area (Å²) in [6.07, 6.45) is 0.352. The molecule has 1 unspecified atom stereocenters. The highest BCUT2D eigenvalue weighted by Gasteiger charge is 2.23. The van der Waals surface area contributed by atoms with Crippen LogP contribution in [0.1, 0.15) is 27.2 Å². The van der Waals surface area contributed by atoms with Crippen LogP contribution in [0.3, 0.4) is 0 Å². The summed E-state index contributed by atoms with van der Waals surface area (Å²) in [5.41, 5.74) is 0. The number of Topliss-reactive ketones (excluding diaryl/α,β-unsaturated/α-hetero) is 1. The van der Waals surface area contributed by atoms with Crippen LogP contribution in [0.4, 0.5) is 0 Å². The molecule has 0 fully saturated rings. The summed E-state index contributed by atoms with van der Waals surface area (Å²) < 4.78 is 0. The molecule has 63 valence electrons. The van der Waals surface area contributed by atoms with Gasteiger partial charge in [0.15, 0.2) is 0 Å². The topological polar surface area (TPSA) is 54.4 Å². The van der Waals surface area contributed by atoms with E-state index >= 15 is 0 Å². The van der Waals surface area contributed by atoms with Crippen LogP contribution in [-0.4, -0.2) is 16.9 Å². The van der Waals surface area contributed by atoms with E-state index in [0.29, 0.717) is 6.42 Å². The Morgan fingerprint density at radius 2 is 1.73 bits per heavy atom. The van der Waals surface area contributed by atoms with Crippen molar-refractivity contribution in [3.8, 4) is 0 Å². The third-order valence-electron chi connectivity index (χ3n) is 1.40. The molecular weight excluding hydrogens is 144 g/mol. The fourth-order valence-electron chi connectivity index (χ4n) is 0.813. The van der Waals surface area contributed by atoms with E-state index in [4.69, 9.17) is 5.11 Å². The molecule has 0 spiro atoms. The molecule has 0 heterocycles. The first kappa shape index (κ1) is 10.1. The Morgan fingerprint density at radius 1 is 1.27 bits per heavy atom. The van der Waals surface area contributed by atoms with Gasteiger partial charge in [0.25, 0.3) is 0 Å². The van der Waals surface area contributed by atoms with Crippen LogP contribution in [0.25, 0.3) is 0 Å². The van der Waals surface area contributed by atoms with Crippen molar-refractivity contribution in [2.75, 3.05) is 0 Å². The van der Waals surface area contributed by atoms with Crippen molar-refractivity contribution in [3.63, 3.8) is 0 Å². The lowest BCUT2D eigenvalue weighted by Crippen LogP contribution is -2.22. The molecule has 0 aromatic heterocycles. The average Bonchev–Trinajstić information content (AvgIpc) is 1.81. The van der Waals surface area contributed by atoms with Crippen molar-refractivity contribution in [1.29, 1.82) is 0 Å². The van der Waals surface area contributed by atoms with Crippen molar-refractivity contribution >= 4 is 11.8 Å². The molecule has 0 rings (SSSR count). The molecule has 11 heavy (non-hydrogen) atoms. The lowest BCUT2D eigenvalue weighted by molar-refractivity contribution is -0.145. The molecule has 1 radical (unpaired) electrons. The van der Waals surface area contributed by atoms with Gasteiger partial charge in [-0.25, -0.2) is 0 Å². The predicted molar refractivity (Wildman–Crippen MR) is 41.0 cm³/mol. The van der Waals surface area contributed by atoms with Gasteiger partial charge in [-0.1, -0.05) is 13.8 Å². The summed E-state index contributed by atoms with van der Waals surface area (Å²) >= 11 is 0. The van der Waals surface area contributed by atoms with E-state index < -0.39 is 11.9 Å². The Kier molecular flexibility index (Phi) is 3.79. The van der Waals surface area contributed by atoms with E-state index in [1.54, 1.807) is 0 Å². The number of carbonyl (C=O) groups is 2. The maximum Gasteiger partial charge on any atom is 0.314 e. The van der Waals surface area contributed by atoms with E-state index in [1.165, 1.54) is 6.92 Å². The summed E-state index contributed by atoms with van der Waals surface area (Å²) in [6, 6.07) is 0. The van der Waals surface area contributed by atoms with E-state index in [1.807, 2.05) is 13.8 Å². The largest absolute Gasteiger partial charge is 0.481 e. The number of ketones is 1. The Bertz CT molecular complexity index is 147. The number of hydrogen-bond donors (Lipinski definition) is 1. The zero-order valence-corrected chi connectivity index (χ0v) is 7.05. The van der Waals surface area contributed by atoms with Gasteiger partial charge in [-0.15, -0.1) is 0 Å². The van der Waals surface area contributed by atoms with Gasteiger partial charge in [0.05, 0.1) is 0 Å². The first-order chi connectivity index (χ1) is 4.95. The van der Waals surface area contributed by atoms with Gasteiger partial charge in [-0.05, 0) is 19.3 Å². The monoisotopic (exact) mass is 157 g/mol. The normalized spacial score (nSPS) is 13.1. The van der Waals surface area contributed by atoms with Crippen molar-refractivity contribution in [2.24, 2.45) is 5.92 Å². The second kappa shape index (κ2) is 4.11. The molecule has 0 saturated heterocycles. The van der Waals surface area contributed by atoms with Gasteiger partial charge >= 0.3 is 5.97 Å². The minimum Gasteiger partial charge on any atom is -0.481 e. The number of rotatable bonds is 4. The Balaban J connectivity index is 4.12. The maximum atomic E-state index is 10.7. The second-order valence-electron chi connectivity index (χ2n) is 2.91. The number of carboxylic acid groups (broad SMARTS) is 1. The average molecular weight is 157 g/mol. The minimum absolute atomic E-state index is 0.279. The van der Waals surface area contributed by atoms with Crippen LogP contribution < -0.4 is 0 Å². The third-order valence-corrected chi connectivity index (χ3v) is 1.40. The molecule has 0 bridgehead atoms. The maximum absolute atomic E-state index is 10.7. The van der Waals surface area contributed by atoms with E-state index in [2.05, 4.69) is 0 Å². The molecule has 0 aromatic rings. The van der Waals surface area contributed by atoms with Crippen LogP contribution in [0.5, 0.6) is 0 Å². The van der Waals surface area contributed by atoms with Crippen LogP contribution in [-0.2, 0) is 9.59 Å². The Labute approximate surface area is 66.4 Å². The molecule has 1 N–H and O–H groups in total. The summed E-state index contributed by atoms with van der Waals surface area (Å²) in [4.78, 5) is 21.2. The van der Waals surface area contributed by atoms with Gasteiger partial charge in [0, 0.05) is 0 Å². The zero-order valence-electron chi connectivity index (χ0n) is 7.05. The fraction of sp³-hybridized carbons (Fsp3) is 0.625. The first-order valence-corrected chi connectivity index (χ1v) is 3.47. The van der Waals surface area contributed by atoms with Crippen LogP contribution in [0.2, 0.25) is 0 Å². The SMILES string of the molecule is C[C](C)CC(C(C)=O)C(=O)O. The summed E-state index contributed by atoms with van der Waals surface area (Å²) in [6.45, 7) is 4.94. The van der Waals surface area contributed by atoms with Gasteiger partial charge in [-0.2, -0.15) is 0 Å². The van der Waals surface area contributed by atoms with Crippen molar-refractivity contribution < 1.29 is 14.7 Å². The Hall–Kier alpha value is -0.860. The lowest BCUT2D eigenvalue weighted by Gasteiger charge is -2.09. The van der Waals surface area contributed by atoms with Crippen molar-refractivity contribution in [3.05, 3.63) is 5.92 Å². The van der Waals surface area contributed by atoms with E-state index in [9.17, 15) is 9.59 Å².